The number of nitrogens with zero attached hydrogens (tertiary/aromatic N) is 2. The van der Waals surface area contributed by atoms with Crippen LogP contribution >= 0.6 is 0 Å². The first-order valence-electron chi connectivity index (χ1n) is 5.75. The number of aromatic nitrogens is 2. The number of hydrogen-bond donors (Lipinski definition) is 1. The molecule has 21 heavy (non-hydrogen) atoms. The lowest BCUT2D eigenvalue weighted by Gasteiger charge is -2.10. The highest BCUT2D eigenvalue weighted by molar-refractivity contribution is 5.75. The van der Waals surface area contributed by atoms with Gasteiger partial charge in [0, 0.05) is 11.8 Å². The molecule has 6 nitrogen and oxygen atoms in total. The summed E-state index contributed by atoms with van der Waals surface area (Å²) in [5.41, 5.74) is 6.29. The number of alkyl halides is 3. The molecule has 0 amide bonds. The average molecular weight is 303 g/mol. The Morgan fingerprint density at radius 3 is 2.38 bits per heavy atom. The smallest absolute Gasteiger partial charge is 0.396 e. The lowest BCUT2D eigenvalue weighted by Crippen LogP contribution is -2.12. The van der Waals surface area contributed by atoms with Crippen LogP contribution in [0, 0.1) is 0 Å². The fourth-order valence-electron chi connectivity index (χ4n) is 1.69. The van der Waals surface area contributed by atoms with E-state index in [0.717, 1.165) is 0 Å². The van der Waals surface area contributed by atoms with E-state index < -0.39 is 18.4 Å². The molecule has 0 atom stereocenters. The zero-order chi connectivity index (χ0) is 15.6. The Hall–Kier alpha value is -2.45. The van der Waals surface area contributed by atoms with Crippen LogP contribution in [0.2, 0.25) is 0 Å². The molecule has 2 N–H and O–H groups in total. The largest absolute Gasteiger partial charge is 0.493 e. The number of nitrogens with two attached hydrogens (primary N) is 1. The molecular weight excluding hydrogens is 291 g/mol. The van der Waals surface area contributed by atoms with E-state index in [4.69, 9.17) is 19.7 Å². The molecule has 0 radical (unpaired) electrons. The van der Waals surface area contributed by atoms with Crippen LogP contribution < -0.4 is 15.2 Å². The number of halogens is 3. The third kappa shape index (κ3) is 3.36. The van der Waals surface area contributed by atoms with Crippen LogP contribution in [0.4, 0.5) is 18.9 Å². The van der Waals surface area contributed by atoms with Gasteiger partial charge in [-0.15, -0.1) is 0 Å². The van der Waals surface area contributed by atoms with Crippen molar-refractivity contribution in [1.29, 1.82) is 0 Å². The summed E-state index contributed by atoms with van der Waals surface area (Å²) in [6.07, 6.45) is -5.69. The van der Waals surface area contributed by atoms with Crippen molar-refractivity contribution in [2.75, 3.05) is 20.0 Å². The van der Waals surface area contributed by atoms with Gasteiger partial charge in [0.2, 0.25) is 0 Å². The summed E-state index contributed by atoms with van der Waals surface area (Å²) in [4.78, 5) is 3.68. The molecule has 2 rings (SSSR count). The Bertz CT molecular complexity index is 640. The minimum atomic E-state index is -4.41. The molecule has 9 heteroatoms. The summed E-state index contributed by atoms with van der Waals surface area (Å²) in [5.74, 6) is 0.144. The van der Waals surface area contributed by atoms with Crippen LogP contribution in [0.15, 0.2) is 16.7 Å². The molecule has 0 bridgehead atoms. The van der Waals surface area contributed by atoms with Crippen LogP contribution in [0.25, 0.3) is 11.5 Å². The number of nitrogen functional groups attached to an aromatic ring is 1. The molecule has 0 spiro atoms. The van der Waals surface area contributed by atoms with Gasteiger partial charge in [0.15, 0.2) is 17.3 Å². The second-order valence-electron chi connectivity index (χ2n) is 4.10. The van der Waals surface area contributed by atoms with Gasteiger partial charge in [-0.2, -0.15) is 18.2 Å². The molecule has 0 unspecified atom stereocenters. The van der Waals surface area contributed by atoms with E-state index in [0.29, 0.717) is 11.5 Å². The minimum Gasteiger partial charge on any atom is -0.493 e. The maximum absolute atomic E-state index is 12.3. The first-order chi connectivity index (χ1) is 9.84. The van der Waals surface area contributed by atoms with Gasteiger partial charge in [0.1, 0.15) is 6.42 Å². The van der Waals surface area contributed by atoms with Crippen molar-refractivity contribution in [3.05, 3.63) is 18.0 Å². The van der Waals surface area contributed by atoms with Gasteiger partial charge in [-0.1, -0.05) is 5.16 Å². The molecule has 1 aromatic heterocycles. The number of methoxy groups -OCH3 is 2. The summed E-state index contributed by atoms with van der Waals surface area (Å²) in [5, 5.41) is 3.28. The van der Waals surface area contributed by atoms with Crippen LogP contribution in [0.5, 0.6) is 11.5 Å². The van der Waals surface area contributed by atoms with Crippen molar-refractivity contribution in [2.24, 2.45) is 0 Å². The van der Waals surface area contributed by atoms with Crippen LogP contribution in [-0.4, -0.2) is 30.5 Å². The highest BCUT2D eigenvalue weighted by atomic mass is 19.4. The normalized spacial score (nSPS) is 11.5. The minimum absolute atomic E-state index is 0.118. The summed E-state index contributed by atoms with van der Waals surface area (Å²) in [6.45, 7) is 0. The third-order valence-corrected chi connectivity index (χ3v) is 2.61. The number of anilines is 1. The number of benzene rings is 1. The highest BCUT2D eigenvalue weighted by Gasteiger charge is 2.31. The Labute approximate surface area is 117 Å². The predicted octanol–water partition coefficient (Wildman–Crippen LogP) is 2.44. The highest BCUT2D eigenvalue weighted by Crippen LogP contribution is 2.36. The molecule has 0 saturated carbocycles. The zero-order valence-corrected chi connectivity index (χ0v) is 11.2. The van der Waals surface area contributed by atoms with E-state index in [9.17, 15) is 13.2 Å². The number of rotatable bonds is 4. The second-order valence-corrected chi connectivity index (χ2v) is 4.10. The maximum Gasteiger partial charge on any atom is 0.396 e. The molecule has 1 heterocycles. The second kappa shape index (κ2) is 5.51. The maximum atomic E-state index is 12.3. The van der Waals surface area contributed by atoms with Crippen molar-refractivity contribution in [3.63, 3.8) is 0 Å². The van der Waals surface area contributed by atoms with Gasteiger partial charge in [-0.25, -0.2) is 0 Å². The van der Waals surface area contributed by atoms with Gasteiger partial charge in [0.05, 0.1) is 19.8 Å². The molecule has 0 fully saturated rings. The fourth-order valence-corrected chi connectivity index (χ4v) is 1.69. The van der Waals surface area contributed by atoms with Crippen molar-refractivity contribution in [1.82, 2.24) is 10.1 Å². The lowest BCUT2D eigenvalue weighted by molar-refractivity contribution is -0.128. The quantitative estimate of drug-likeness (QED) is 0.873. The van der Waals surface area contributed by atoms with E-state index in [2.05, 4.69) is 10.1 Å². The topological polar surface area (TPSA) is 83.4 Å². The molecule has 0 saturated heterocycles. The fraction of sp³-hybridized carbons (Fsp3) is 0.333. The monoisotopic (exact) mass is 303 g/mol. The van der Waals surface area contributed by atoms with E-state index in [1.165, 1.54) is 26.4 Å². The van der Waals surface area contributed by atoms with Crippen LogP contribution in [0.3, 0.4) is 0 Å². The summed E-state index contributed by atoms with van der Waals surface area (Å²) >= 11 is 0. The molecule has 1 aromatic carbocycles. The van der Waals surface area contributed by atoms with Gasteiger partial charge in [0.25, 0.3) is 5.89 Å². The SMILES string of the molecule is COc1cc(N)c(-c2nc(CC(F)(F)F)no2)cc1OC. The van der Waals surface area contributed by atoms with Gasteiger partial charge < -0.3 is 19.7 Å². The van der Waals surface area contributed by atoms with Crippen molar-refractivity contribution in [2.45, 2.75) is 12.6 Å². The number of hydrogen-bond acceptors (Lipinski definition) is 6. The first-order valence-corrected chi connectivity index (χ1v) is 5.75. The van der Waals surface area contributed by atoms with E-state index in [-0.39, 0.29) is 17.1 Å². The van der Waals surface area contributed by atoms with E-state index >= 15 is 0 Å². The molecular formula is C12H12F3N3O3. The summed E-state index contributed by atoms with van der Waals surface area (Å²) in [6, 6.07) is 2.92. The lowest BCUT2D eigenvalue weighted by atomic mass is 10.1. The third-order valence-electron chi connectivity index (χ3n) is 2.61. The first kappa shape index (κ1) is 14.9. The standard InChI is InChI=1S/C12H12F3N3O3/c1-19-8-3-6(7(16)4-9(8)20-2)11-17-10(18-21-11)5-12(13,14)15/h3-4H,5,16H2,1-2H3. The Morgan fingerprint density at radius 1 is 1.19 bits per heavy atom. The Morgan fingerprint density at radius 2 is 1.81 bits per heavy atom. The number of ether oxygens (including phenoxy) is 2. The molecule has 0 aliphatic heterocycles. The van der Waals surface area contributed by atoms with Gasteiger partial charge >= 0.3 is 6.18 Å². The van der Waals surface area contributed by atoms with Gasteiger partial charge in [-0.05, 0) is 6.07 Å². The van der Waals surface area contributed by atoms with E-state index in [1.807, 2.05) is 0 Å². The van der Waals surface area contributed by atoms with Crippen molar-refractivity contribution < 1.29 is 27.2 Å². The van der Waals surface area contributed by atoms with Crippen molar-refractivity contribution >= 4 is 5.69 Å². The molecule has 114 valence electrons. The molecule has 0 aliphatic rings. The average Bonchev–Trinajstić information content (AvgIpc) is 2.84. The molecule has 2 aromatic rings. The predicted molar refractivity (Wildman–Crippen MR) is 67.0 cm³/mol. The van der Waals surface area contributed by atoms with E-state index in [1.54, 1.807) is 0 Å². The van der Waals surface area contributed by atoms with Crippen LogP contribution in [-0.2, 0) is 6.42 Å². The summed E-state index contributed by atoms with van der Waals surface area (Å²) < 4.78 is 51.8. The zero-order valence-electron chi connectivity index (χ0n) is 11.2. The summed E-state index contributed by atoms with van der Waals surface area (Å²) in [7, 11) is 2.85. The van der Waals surface area contributed by atoms with Crippen LogP contribution in [0.1, 0.15) is 5.82 Å². The molecule has 0 aliphatic carbocycles. The Kier molecular flexibility index (Phi) is 3.92. The van der Waals surface area contributed by atoms with Crippen molar-refractivity contribution in [3.8, 4) is 23.0 Å². The Balaban J connectivity index is 2.38. The van der Waals surface area contributed by atoms with Gasteiger partial charge in [-0.3, -0.25) is 0 Å².